The summed E-state index contributed by atoms with van der Waals surface area (Å²) in [7, 11) is 0. The van der Waals surface area contributed by atoms with Gasteiger partial charge >= 0.3 is 0 Å². The molecule has 0 unspecified atom stereocenters. The van der Waals surface area contributed by atoms with Crippen molar-refractivity contribution in [1.29, 1.82) is 0 Å². The van der Waals surface area contributed by atoms with E-state index in [9.17, 15) is 0 Å². The Morgan fingerprint density at radius 3 is 2.74 bits per heavy atom. The van der Waals surface area contributed by atoms with E-state index in [0.29, 0.717) is 0 Å². The number of ether oxygens (including phenoxy) is 1. The summed E-state index contributed by atoms with van der Waals surface area (Å²) in [5.74, 6) is 2.10. The molecule has 2 nitrogen and oxygen atoms in total. The second kappa shape index (κ2) is 8.85. The van der Waals surface area contributed by atoms with Crippen LogP contribution in [0.25, 0.3) is 10.1 Å². The van der Waals surface area contributed by atoms with E-state index in [4.69, 9.17) is 4.74 Å². The molecule has 0 radical (unpaired) electrons. The zero-order valence-corrected chi connectivity index (χ0v) is 15.3. The van der Waals surface area contributed by atoms with Crippen LogP contribution < -0.4 is 4.74 Å². The minimum Gasteiger partial charge on any atom is -0.494 e. The fourth-order valence-electron chi connectivity index (χ4n) is 2.25. The highest BCUT2D eigenvalue weighted by Gasteiger charge is 2.01. The van der Waals surface area contributed by atoms with Gasteiger partial charge in [0, 0.05) is 34.3 Å². The molecule has 0 saturated heterocycles. The molecule has 0 aliphatic heterocycles. The van der Waals surface area contributed by atoms with Gasteiger partial charge in [-0.1, -0.05) is 0 Å². The highest BCUT2D eigenvalue weighted by atomic mass is 32.2. The second-order valence-corrected chi connectivity index (χ2v) is 7.60. The molecule has 3 rings (SSSR count). The molecular formula is C19H22NOS2+. The van der Waals surface area contributed by atoms with Crippen LogP contribution in [0, 0.1) is 14.4 Å². The summed E-state index contributed by atoms with van der Waals surface area (Å²) >= 11 is 3.70. The molecule has 0 amide bonds. The van der Waals surface area contributed by atoms with E-state index >= 15 is 0 Å². The van der Waals surface area contributed by atoms with Crippen LogP contribution >= 0.6 is 23.1 Å². The number of hydrogen-bond donors (Lipinski definition) is 0. The Morgan fingerprint density at radius 2 is 1.91 bits per heavy atom. The Labute approximate surface area is 146 Å². The molecule has 23 heavy (non-hydrogen) atoms. The molecule has 4 heteroatoms. The van der Waals surface area contributed by atoms with Gasteiger partial charge in [-0.3, -0.25) is 4.98 Å². The SMILES string of the molecule is Cc1cc2ccc(OCCCCSc3ccncc3)cc2s1.[CH3+]. The first-order valence-electron chi connectivity index (χ1n) is 7.47. The molecule has 1 aromatic carbocycles. The summed E-state index contributed by atoms with van der Waals surface area (Å²) in [5, 5.41) is 1.31. The molecule has 0 atom stereocenters. The summed E-state index contributed by atoms with van der Waals surface area (Å²) in [6, 6.07) is 12.7. The lowest BCUT2D eigenvalue weighted by molar-refractivity contribution is 0.310. The van der Waals surface area contributed by atoms with Crippen LogP contribution in [0.5, 0.6) is 5.75 Å². The van der Waals surface area contributed by atoms with Gasteiger partial charge < -0.3 is 4.74 Å². The third-order valence-corrected chi connectivity index (χ3v) is 5.45. The molecule has 0 fully saturated rings. The molecule has 0 aliphatic carbocycles. The first kappa shape index (κ1) is 17.7. The maximum Gasteiger partial charge on any atom is 0.120 e. The van der Waals surface area contributed by atoms with E-state index in [1.807, 2.05) is 35.5 Å². The van der Waals surface area contributed by atoms with Crippen LogP contribution in [-0.4, -0.2) is 17.3 Å². The molecular weight excluding hydrogens is 322 g/mol. The number of aryl methyl sites for hydroxylation is 1. The number of thiophene rings is 1. The molecule has 2 aromatic heterocycles. The Kier molecular flexibility index (Phi) is 6.81. The number of pyridine rings is 1. The third kappa shape index (κ3) is 5.19. The fraction of sp³-hybridized carbons (Fsp3) is 0.263. The minimum atomic E-state index is 0. The van der Waals surface area contributed by atoms with E-state index in [1.165, 1.54) is 19.9 Å². The Hall–Kier alpha value is -1.65. The van der Waals surface area contributed by atoms with Crippen molar-refractivity contribution in [2.75, 3.05) is 12.4 Å². The lowest BCUT2D eigenvalue weighted by atomic mass is 10.2. The van der Waals surface area contributed by atoms with Crippen molar-refractivity contribution in [3.05, 3.63) is 61.1 Å². The van der Waals surface area contributed by atoms with Crippen molar-refractivity contribution in [2.24, 2.45) is 0 Å². The predicted octanol–water partition coefficient (Wildman–Crippen LogP) is 6.01. The standard InChI is InChI=1S/C18H19NOS2.CH3/c1-14-12-15-4-5-16(13-18(15)22-14)20-10-2-3-11-21-17-6-8-19-9-7-17;/h4-9,12-13H,2-3,10-11H2,1H3;1H3/q;+1. The van der Waals surface area contributed by atoms with Gasteiger partial charge in [0.05, 0.1) is 6.61 Å². The third-order valence-electron chi connectivity index (χ3n) is 3.34. The van der Waals surface area contributed by atoms with E-state index in [-0.39, 0.29) is 7.43 Å². The summed E-state index contributed by atoms with van der Waals surface area (Å²) < 4.78 is 7.17. The fourth-order valence-corrected chi connectivity index (χ4v) is 4.10. The van der Waals surface area contributed by atoms with Gasteiger partial charge in [0.25, 0.3) is 0 Å². The van der Waals surface area contributed by atoms with Crippen molar-refractivity contribution in [2.45, 2.75) is 24.7 Å². The first-order valence-corrected chi connectivity index (χ1v) is 9.27. The van der Waals surface area contributed by atoms with Crippen molar-refractivity contribution in [1.82, 2.24) is 4.98 Å². The smallest absolute Gasteiger partial charge is 0.120 e. The quantitative estimate of drug-likeness (QED) is 0.298. The predicted molar refractivity (Wildman–Crippen MR) is 103 cm³/mol. The first-order chi connectivity index (χ1) is 10.8. The zero-order chi connectivity index (χ0) is 15.2. The summed E-state index contributed by atoms with van der Waals surface area (Å²) in [6.07, 6.45) is 5.93. The van der Waals surface area contributed by atoms with Gasteiger partial charge in [0.15, 0.2) is 0 Å². The van der Waals surface area contributed by atoms with Gasteiger partial charge in [-0.2, -0.15) is 0 Å². The summed E-state index contributed by atoms with van der Waals surface area (Å²) in [6.45, 7) is 2.93. The average Bonchev–Trinajstić information content (AvgIpc) is 2.91. The number of thioether (sulfide) groups is 1. The Morgan fingerprint density at radius 1 is 1.09 bits per heavy atom. The van der Waals surface area contributed by atoms with Crippen molar-refractivity contribution in [3.8, 4) is 5.75 Å². The molecule has 0 N–H and O–H groups in total. The zero-order valence-electron chi connectivity index (χ0n) is 13.6. The molecule has 120 valence electrons. The van der Waals surface area contributed by atoms with Gasteiger partial charge in [-0.25, -0.2) is 0 Å². The summed E-state index contributed by atoms with van der Waals surface area (Å²) in [4.78, 5) is 6.66. The number of rotatable bonds is 7. The molecule has 0 bridgehead atoms. The Balaban J connectivity index is 0.00000192. The van der Waals surface area contributed by atoms with E-state index < -0.39 is 0 Å². The van der Waals surface area contributed by atoms with Crippen LogP contribution in [0.3, 0.4) is 0 Å². The molecule has 0 spiro atoms. The van der Waals surface area contributed by atoms with Gasteiger partial charge in [0.2, 0.25) is 0 Å². The number of nitrogens with zero attached hydrogens (tertiary/aromatic N) is 1. The van der Waals surface area contributed by atoms with Crippen LogP contribution in [-0.2, 0) is 0 Å². The number of aromatic nitrogens is 1. The number of unbranched alkanes of at least 4 members (excludes halogenated alkanes) is 1. The number of benzene rings is 1. The maximum absolute atomic E-state index is 5.86. The van der Waals surface area contributed by atoms with Crippen LogP contribution in [0.4, 0.5) is 0 Å². The normalized spacial score (nSPS) is 10.5. The highest BCUT2D eigenvalue weighted by Crippen LogP contribution is 2.28. The van der Waals surface area contributed by atoms with E-state index in [1.54, 1.807) is 0 Å². The monoisotopic (exact) mass is 344 g/mol. The second-order valence-electron chi connectivity index (χ2n) is 5.14. The topological polar surface area (TPSA) is 22.1 Å². The molecule has 0 saturated carbocycles. The van der Waals surface area contributed by atoms with Gasteiger partial charge in [-0.15, -0.1) is 23.1 Å². The molecule has 2 heterocycles. The number of fused-ring (bicyclic) bond motifs is 1. The van der Waals surface area contributed by atoms with Crippen molar-refractivity contribution < 1.29 is 4.74 Å². The maximum atomic E-state index is 5.86. The van der Waals surface area contributed by atoms with Crippen LogP contribution in [0.1, 0.15) is 17.7 Å². The van der Waals surface area contributed by atoms with Gasteiger partial charge in [-0.05, 0) is 67.3 Å². The lowest BCUT2D eigenvalue weighted by Gasteiger charge is -2.06. The average molecular weight is 345 g/mol. The van der Waals surface area contributed by atoms with E-state index in [0.717, 1.165) is 31.0 Å². The van der Waals surface area contributed by atoms with Crippen LogP contribution in [0.15, 0.2) is 53.7 Å². The largest absolute Gasteiger partial charge is 0.494 e. The summed E-state index contributed by atoms with van der Waals surface area (Å²) in [5.41, 5.74) is 0. The highest BCUT2D eigenvalue weighted by molar-refractivity contribution is 7.99. The Bertz CT molecular complexity index is 725. The van der Waals surface area contributed by atoms with Crippen molar-refractivity contribution >= 4 is 33.2 Å². The number of hydrogen-bond acceptors (Lipinski definition) is 4. The molecule has 0 aliphatic rings. The van der Waals surface area contributed by atoms with Crippen molar-refractivity contribution in [3.63, 3.8) is 0 Å². The minimum absolute atomic E-state index is 0. The van der Waals surface area contributed by atoms with E-state index in [2.05, 4.69) is 48.3 Å². The van der Waals surface area contributed by atoms with Gasteiger partial charge in [0.1, 0.15) is 5.75 Å². The van der Waals surface area contributed by atoms with Crippen LogP contribution in [0.2, 0.25) is 0 Å². The molecule has 3 aromatic rings. The lowest BCUT2D eigenvalue weighted by Crippen LogP contribution is -1.97.